The predicted octanol–water partition coefficient (Wildman–Crippen LogP) is 2.82. The number of anilines is 1. The molecule has 0 bridgehead atoms. The summed E-state index contributed by atoms with van der Waals surface area (Å²) in [5.41, 5.74) is 2.26. The van der Waals surface area contributed by atoms with Crippen molar-refractivity contribution in [1.82, 2.24) is 5.32 Å². The van der Waals surface area contributed by atoms with Gasteiger partial charge in [-0.3, -0.25) is 4.79 Å². The Hall–Kier alpha value is -2.62. The van der Waals surface area contributed by atoms with Crippen LogP contribution in [0.2, 0.25) is 0 Å². The summed E-state index contributed by atoms with van der Waals surface area (Å²) in [6.45, 7) is 0.471. The number of benzene rings is 2. The van der Waals surface area contributed by atoms with E-state index in [-0.39, 0.29) is 6.03 Å². The van der Waals surface area contributed by atoms with Crippen LogP contribution in [0.4, 0.5) is 10.5 Å². The lowest BCUT2D eigenvalue weighted by molar-refractivity contribution is 0.112. The van der Waals surface area contributed by atoms with Crippen LogP contribution >= 0.6 is 0 Å². The number of amides is 2. The van der Waals surface area contributed by atoms with Crippen molar-refractivity contribution in [2.75, 3.05) is 5.32 Å². The third-order valence-electron chi connectivity index (χ3n) is 2.60. The highest BCUT2D eigenvalue weighted by molar-refractivity contribution is 5.89. The van der Waals surface area contributed by atoms with Gasteiger partial charge >= 0.3 is 6.03 Å². The minimum Gasteiger partial charge on any atom is -0.334 e. The maximum Gasteiger partial charge on any atom is 0.319 e. The standard InChI is InChI=1S/C15H14N2O2/c18-11-13-6-8-14(9-7-13)17-15(19)16-10-12-4-2-1-3-5-12/h1-9,11H,10H2,(H2,16,17,19). The second kappa shape index (κ2) is 6.35. The number of nitrogens with one attached hydrogen (secondary N) is 2. The first-order chi connectivity index (χ1) is 9.28. The molecule has 0 unspecified atom stereocenters. The van der Waals surface area contributed by atoms with Crippen LogP contribution in [0.25, 0.3) is 0 Å². The van der Waals surface area contributed by atoms with Gasteiger partial charge in [0.1, 0.15) is 6.29 Å². The van der Waals surface area contributed by atoms with E-state index < -0.39 is 0 Å². The molecular weight excluding hydrogens is 240 g/mol. The third-order valence-corrected chi connectivity index (χ3v) is 2.60. The first kappa shape index (κ1) is 12.8. The molecule has 0 saturated heterocycles. The summed E-state index contributed by atoms with van der Waals surface area (Å²) in [6, 6.07) is 16.1. The molecular formula is C15H14N2O2. The average Bonchev–Trinajstić information content (AvgIpc) is 2.47. The van der Waals surface area contributed by atoms with Crippen LogP contribution in [0.3, 0.4) is 0 Å². The monoisotopic (exact) mass is 254 g/mol. The molecule has 0 atom stereocenters. The van der Waals surface area contributed by atoms with Crippen molar-refractivity contribution in [3.05, 3.63) is 65.7 Å². The molecule has 2 rings (SSSR count). The van der Waals surface area contributed by atoms with Gasteiger partial charge in [0.2, 0.25) is 0 Å². The molecule has 0 fully saturated rings. The van der Waals surface area contributed by atoms with E-state index in [2.05, 4.69) is 10.6 Å². The number of aldehydes is 1. The average molecular weight is 254 g/mol. The van der Waals surface area contributed by atoms with Crippen LogP contribution in [-0.4, -0.2) is 12.3 Å². The van der Waals surface area contributed by atoms with Crippen molar-refractivity contribution >= 4 is 18.0 Å². The Morgan fingerprint density at radius 1 is 1.00 bits per heavy atom. The van der Waals surface area contributed by atoms with E-state index in [0.717, 1.165) is 11.8 Å². The van der Waals surface area contributed by atoms with Crippen molar-refractivity contribution in [2.24, 2.45) is 0 Å². The molecule has 0 aliphatic carbocycles. The minimum absolute atomic E-state index is 0.275. The minimum atomic E-state index is -0.275. The van der Waals surface area contributed by atoms with Gasteiger partial charge in [0.15, 0.2) is 0 Å². The molecule has 0 saturated carbocycles. The second-order valence-electron chi connectivity index (χ2n) is 4.03. The van der Waals surface area contributed by atoms with Gasteiger partial charge in [0.25, 0.3) is 0 Å². The lowest BCUT2D eigenvalue weighted by Crippen LogP contribution is -2.28. The Labute approximate surface area is 111 Å². The topological polar surface area (TPSA) is 58.2 Å². The van der Waals surface area contributed by atoms with Crippen LogP contribution < -0.4 is 10.6 Å². The molecule has 2 amide bonds. The summed E-state index contributed by atoms with van der Waals surface area (Å²) in [7, 11) is 0. The van der Waals surface area contributed by atoms with E-state index in [1.165, 1.54) is 0 Å². The molecule has 4 nitrogen and oxygen atoms in total. The Morgan fingerprint density at radius 3 is 2.32 bits per heavy atom. The normalized spacial score (nSPS) is 9.68. The second-order valence-corrected chi connectivity index (χ2v) is 4.03. The van der Waals surface area contributed by atoms with E-state index in [1.54, 1.807) is 24.3 Å². The highest BCUT2D eigenvalue weighted by Crippen LogP contribution is 2.08. The largest absolute Gasteiger partial charge is 0.334 e. The van der Waals surface area contributed by atoms with Crippen molar-refractivity contribution in [3.63, 3.8) is 0 Å². The number of hydrogen-bond acceptors (Lipinski definition) is 2. The maximum atomic E-state index is 11.6. The van der Waals surface area contributed by atoms with Crippen LogP contribution in [-0.2, 0) is 6.54 Å². The molecule has 0 aliphatic heterocycles. The fraction of sp³-hybridized carbons (Fsp3) is 0.0667. The SMILES string of the molecule is O=Cc1ccc(NC(=O)NCc2ccccc2)cc1. The number of hydrogen-bond donors (Lipinski definition) is 2. The molecule has 0 heterocycles. The van der Waals surface area contributed by atoms with Gasteiger partial charge in [-0.15, -0.1) is 0 Å². The summed E-state index contributed by atoms with van der Waals surface area (Å²) in [5.74, 6) is 0. The zero-order valence-electron chi connectivity index (χ0n) is 10.3. The van der Waals surface area contributed by atoms with E-state index in [9.17, 15) is 9.59 Å². The fourth-order valence-electron chi connectivity index (χ4n) is 1.60. The number of rotatable bonds is 4. The van der Waals surface area contributed by atoms with Crippen LogP contribution in [0.5, 0.6) is 0 Å². The first-order valence-electron chi connectivity index (χ1n) is 5.92. The highest BCUT2D eigenvalue weighted by Gasteiger charge is 2.01. The molecule has 4 heteroatoms. The van der Waals surface area contributed by atoms with Gasteiger partial charge in [-0.1, -0.05) is 30.3 Å². The summed E-state index contributed by atoms with van der Waals surface area (Å²) < 4.78 is 0. The Balaban J connectivity index is 1.85. The zero-order valence-corrected chi connectivity index (χ0v) is 10.3. The van der Waals surface area contributed by atoms with E-state index in [4.69, 9.17) is 0 Å². The molecule has 2 aromatic rings. The summed E-state index contributed by atoms with van der Waals surface area (Å²) in [4.78, 5) is 22.1. The highest BCUT2D eigenvalue weighted by atomic mass is 16.2. The quantitative estimate of drug-likeness (QED) is 0.824. The third kappa shape index (κ3) is 3.96. The summed E-state index contributed by atoms with van der Waals surface area (Å²) in [6.07, 6.45) is 0.763. The molecule has 19 heavy (non-hydrogen) atoms. The van der Waals surface area contributed by atoms with Crippen molar-refractivity contribution in [2.45, 2.75) is 6.54 Å². The molecule has 2 N–H and O–H groups in total. The van der Waals surface area contributed by atoms with Gasteiger partial charge < -0.3 is 10.6 Å². The van der Waals surface area contributed by atoms with Crippen LogP contribution in [0.15, 0.2) is 54.6 Å². The van der Waals surface area contributed by atoms with Crippen molar-refractivity contribution in [3.8, 4) is 0 Å². The van der Waals surface area contributed by atoms with Gasteiger partial charge in [-0.05, 0) is 29.8 Å². The lowest BCUT2D eigenvalue weighted by atomic mass is 10.2. The molecule has 96 valence electrons. The molecule has 0 spiro atoms. The van der Waals surface area contributed by atoms with E-state index in [1.807, 2.05) is 30.3 Å². The fourth-order valence-corrected chi connectivity index (χ4v) is 1.60. The zero-order chi connectivity index (χ0) is 13.5. The van der Waals surface area contributed by atoms with E-state index >= 15 is 0 Å². The van der Waals surface area contributed by atoms with Gasteiger partial charge in [-0.25, -0.2) is 4.79 Å². The first-order valence-corrected chi connectivity index (χ1v) is 5.92. The lowest BCUT2D eigenvalue weighted by Gasteiger charge is -2.07. The van der Waals surface area contributed by atoms with Gasteiger partial charge in [-0.2, -0.15) is 0 Å². The van der Waals surface area contributed by atoms with E-state index in [0.29, 0.717) is 17.8 Å². The number of carbonyl (C=O) groups excluding carboxylic acids is 2. The maximum absolute atomic E-state index is 11.6. The van der Waals surface area contributed by atoms with Crippen LogP contribution in [0.1, 0.15) is 15.9 Å². The number of carbonyl (C=O) groups is 2. The van der Waals surface area contributed by atoms with Crippen molar-refractivity contribution in [1.29, 1.82) is 0 Å². The Morgan fingerprint density at radius 2 is 1.68 bits per heavy atom. The predicted molar refractivity (Wildman–Crippen MR) is 74.1 cm³/mol. The van der Waals surface area contributed by atoms with Gasteiger partial charge in [0, 0.05) is 17.8 Å². The molecule has 0 aliphatic rings. The molecule has 0 aromatic heterocycles. The smallest absolute Gasteiger partial charge is 0.319 e. The molecule has 2 aromatic carbocycles. The summed E-state index contributed by atoms with van der Waals surface area (Å²) >= 11 is 0. The Bertz CT molecular complexity index is 550. The van der Waals surface area contributed by atoms with Crippen LogP contribution in [0, 0.1) is 0 Å². The van der Waals surface area contributed by atoms with Gasteiger partial charge in [0.05, 0.1) is 0 Å². The summed E-state index contributed by atoms with van der Waals surface area (Å²) in [5, 5.41) is 5.45. The molecule has 0 radical (unpaired) electrons. The Kier molecular flexibility index (Phi) is 4.29. The number of urea groups is 1. The van der Waals surface area contributed by atoms with Crippen molar-refractivity contribution < 1.29 is 9.59 Å².